The summed E-state index contributed by atoms with van der Waals surface area (Å²) in [7, 11) is 1.78. The van der Waals surface area contributed by atoms with Gasteiger partial charge in [-0.1, -0.05) is 13.8 Å². The molecule has 1 fully saturated rings. The van der Waals surface area contributed by atoms with Gasteiger partial charge in [-0.05, 0) is 30.9 Å². The van der Waals surface area contributed by atoms with Gasteiger partial charge >= 0.3 is 0 Å². The van der Waals surface area contributed by atoms with Crippen molar-refractivity contribution in [2.75, 3.05) is 13.1 Å². The fourth-order valence-electron chi connectivity index (χ4n) is 2.85. The molecule has 1 aliphatic heterocycles. The summed E-state index contributed by atoms with van der Waals surface area (Å²) in [6.45, 7) is 4.64. The Labute approximate surface area is 147 Å². The number of halogens is 1. The van der Waals surface area contributed by atoms with Crippen molar-refractivity contribution in [3.05, 3.63) is 18.0 Å². The van der Waals surface area contributed by atoms with Gasteiger partial charge in [-0.3, -0.25) is 19.1 Å². The summed E-state index contributed by atoms with van der Waals surface area (Å²) in [6.07, 6.45) is 5.38. The molecule has 0 aromatic carbocycles. The van der Waals surface area contributed by atoms with E-state index in [-0.39, 0.29) is 17.6 Å². The third-order valence-electron chi connectivity index (χ3n) is 4.70. The van der Waals surface area contributed by atoms with Crippen LogP contribution in [0.25, 0.3) is 0 Å². The van der Waals surface area contributed by atoms with Crippen molar-refractivity contribution in [3.8, 4) is 0 Å². The van der Waals surface area contributed by atoms with Gasteiger partial charge in [0.15, 0.2) is 5.78 Å². The van der Waals surface area contributed by atoms with E-state index < -0.39 is 10.7 Å². The molecule has 0 saturated carbocycles. The van der Waals surface area contributed by atoms with E-state index >= 15 is 0 Å². The van der Waals surface area contributed by atoms with Crippen LogP contribution in [-0.2, 0) is 16.6 Å². The number of likely N-dealkylation sites (tertiary alicyclic amines) is 1. The molecule has 2 heterocycles. The second-order valence-electron chi connectivity index (χ2n) is 7.08. The molecule has 2 rings (SSSR count). The number of carbonyl (C=O) groups excluding carboxylic acids is 3. The van der Waals surface area contributed by atoms with E-state index in [9.17, 15) is 14.4 Å². The van der Waals surface area contributed by atoms with Gasteiger partial charge in [-0.2, -0.15) is 5.10 Å². The smallest absolute Gasteiger partial charge is 0.227 e. The highest BCUT2D eigenvalue weighted by atomic mass is 35.5. The van der Waals surface area contributed by atoms with Crippen LogP contribution in [0.2, 0.25) is 0 Å². The van der Waals surface area contributed by atoms with Crippen LogP contribution in [0.4, 0.5) is 0 Å². The van der Waals surface area contributed by atoms with Crippen molar-refractivity contribution in [3.63, 3.8) is 0 Å². The van der Waals surface area contributed by atoms with Crippen molar-refractivity contribution in [2.24, 2.45) is 18.4 Å². The summed E-state index contributed by atoms with van der Waals surface area (Å²) >= 11 is 5.54. The summed E-state index contributed by atoms with van der Waals surface area (Å²) in [4.78, 5) is 37.8. The number of aromatic nitrogens is 2. The summed E-state index contributed by atoms with van der Waals surface area (Å²) in [6, 6.07) is 0. The zero-order valence-electron chi connectivity index (χ0n) is 14.4. The fraction of sp³-hybridized carbons (Fsp3) is 0.647. The normalized spacial score (nSPS) is 16.2. The highest BCUT2D eigenvalue weighted by molar-refractivity contribution is 6.64. The summed E-state index contributed by atoms with van der Waals surface area (Å²) < 4.78 is 1.62. The largest absolute Gasteiger partial charge is 0.343 e. The van der Waals surface area contributed by atoms with Crippen molar-refractivity contribution in [1.29, 1.82) is 0 Å². The van der Waals surface area contributed by atoms with E-state index in [1.165, 1.54) is 0 Å². The SMILES string of the molecule is Cn1cc(C(=O)C2CCN(C(=O)CCC(C)(C)C(=O)Cl)CC2)cn1. The quantitative estimate of drug-likeness (QED) is 0.581. The zero-order chi connectivity index (χ0) is 17.9. The number of ketones is 1. The lowest BCUT2D eigenvalue weighted by Gasteiger charge is -2.32. The second kappa shape index (κ2) is 7.47. The van der Waals surface area contributed by atoms with Crippen molar-refractivity contribution >= 4 is 28.5 Å². The molecule has 1 amide bonds. The van der Waals surface area contributed by atoms with Crippen molar-refractivity contribution in [2.45, 2.75) is 39.5 Å². The Bertz CT molecular complexity index is 631. The number of piperidine rings is 1. The Morgan fingerprint density at radius 2 is 1.92 bits per heavy atom. The Kier molecular flexibility index (Phi) is 5.80. The average molecular weight is 354 g/mol. The van der Waals surface area contributed by atoms with Gasteiger partial charge in [0.05, 0.1) is 11.8 Å². The lowest BCUT2D eigenvalue weighted by molar-refractivity contribution is -0.133. The van der Waals surface area contributed by atoms with Gasteiger partial charge in [0.25, 0.3) is 0 Å². The Morgan fingerprint density at radius 3 is 2.42 bits per heavy atom. The first-order valence-electron chi connectivity index (χ1n) is 8.21. The molecule has 0 aliphatic carbocycles. The molecule has 1 aliphatic rings. The zero-order valence-corrected chi connectivity index (χ0v) is 15.2. The highest BCUT2D eigenvalue weighted by Gasteiger charge is 2.31. The Morgan fingerprint density at radius 1 is 1.29 bits per heavy atom. The molecule has 1 aromatic heterocycles. The predicted octanol–water partition coefficient (Wildman–Crippen LogP) is 2.41. The maximum absolute atomic E-state index is 12.4. The van der Waals surface area contributed by atoms with Gasteiger partial charge in [-0.15, -0.1) is 0 Å². The van der Waals surface area contributed by atoms with Gasteiger partial charge < -0.3 is 4.90 Å². The predicted molar refractivity (Wildman–Crippen MR) is 90.7 cm³/mol. The minimum Gasteiger partial charge on any atom is -0.343 e. The molecule has 0 spiro atoms. The van der Waals surface area contributed by atoms with Gasteiger partial charge in [-0.25, -0.2) is 0 Å². The maximum atomic E-state index is 12.4. The summed E-state index contributed by atoms with van der Waals surface area (Å²) in [5.41, 5.74) is -0.0594. The van der Waals surface area contributed by atoms with E-state index in [4.69, 9.17) is 11.6 Å². The fourth-order valence-corrected chi connectivity index (χ4v) is 2.95. The number of rotatable bonds is 6. The number of hydrogen-bond donors (Lipinski definition) is 0. The number of aryl methyl sites for hydroxylation is 1. The lowest BCUT2D eigenvalue weighted by atomic mass is 9.88. The summed E-state index contributed by atoms with van der Waals surface area (Å²) in [5, 5.41) is 3.61. The van der Waals surface area contributed by atoms with Crippen LogP contribution in [0.15, 0.2) is 12.4 Å². The third kappa shape index (κ3) is 4.44. The number of carbonyl (C=O) groups is 3. The molecule has 0 atom stereocenters. The third-order valence-corrected chi connectivity index (χ3v) is 5.22. The van der Waals surface area contributed by atoms with Crippen LogP contribution >= 0.6 is 11.6 Å². The van der Waals surface area contributed by atoms with E-state index in [1.54, 1.807) is 42.9 Å². The van der Waals surface area contributed by atoms with Gasteiger partial charge in [0, 0.05) is 44.1 Å². The standard InChI is InChI=1S/C17H24ClN3O3/c1-17(2,16(18)24)7-4-14(22)21-8-5-12(6-9-21)15(23)13-10-19-20(3)11-13/h10-12H,4-9H2,1-3H3. The topological polar surface area (TPSA) is 72.3 Å². The molecule has 0 radical (unpaired) electrons. The van der Waals surface area contributed by atoms with Crippen LogP contribution in [0.3, 0.4) is 0 Å². The molecular formula is C17H24ClN3O3. The average Bonchev–Trinajstić information content (AvgIpc) is 2.98. The molecule has 6 nitrogen and oxygen atoms in total. The van der Waals surface area contributed by atoms with Crippen LogP contribution in [-0.4, -0.2) is 44.7 Å². The first-order chi connectivity index (χ1) is 11.2. The number of Topliss-reactive ketones (excluding diaryl/α,β-unsaturated/α-hetero) is 1. The lowest BCUT2D eigenvalue weighted by Crippen LogP contribution is -2.40. The van der Waals surface area contributed by atoms with Crippen LogP contribution in [0.1, 0.15) is 49.9 Å². The minimum absolute atomic E-state index is 0.0215. The van der Waals surface area contributed by atoms with E-state index in [2.05, 4.69) is 5.10 Å². The number of hydrogen-bond acceptors (Lipinski definition) is 4. The van der Waals surface area contributed by atoms with E-state index in [0.29, 0.717) is 44.3 Å². The van der Waals surface area contributed by atoms with Gasteiger partial charge in [0.2, 0.25) is 11.1 Å². The molecule has 0 unspecified atom stereocenters. The van der Waals surface area contributed by atoms with E-state index in [0.717, 1.165) is 0 Å². The maximum Gasteiger partial charge on any atom is 0.227 e. The van der Waals surface area contributed by atoms with Crippen molar-refractivity contribution in [1.82, 2.24) is 14.7 Å². The molecule has 0 bridgehead atoms. The minimum atomic E-state index is -0.689. The summed E-state index contributed by atoms with van der Waals surface area (Å²) in [5.74, 6) is 0.0662. The Balaban J connectivity index is 1.83. The first kappa shape index (κ1) is 18.6. The van der Waals surface area contributed by atoms with Crippen molar-refractivity contribution < 1.29 is 14.4 Å². The molecular weight excluding hydrogens is 330 g/mol. The molecule has 0 N–H and O–H groups in total. The van der Waals surface area contributed by atoms with Crippen LogP contribution in [0.5, 0.6) is 0 Å². The first-order valence-corrected chi connectivity index (χ1v) is 8.59. The molecule has 7 heteroatoms. The van der Waals surface area contributed by atoms with E-state index in [1.807, 2.05) is 0 Å². The molecule has 1 aromatic rings. The Hall–Kier alpha value is -1.69. The molecule has 24 heavy (non-hydrogen) atoms. The van der Waals surface area contributed by atoms with Gasteiger partial charge in [0.1, 0.15) is 0 Å². The molecule has 132 valence electrons. The van der Waals surface area contributed by atoms with Crippen LogP contribution < -0.4 is 0 Å². The second-order valence-corrected chi connectivity index (χ2v) is 7.42. The monoisotopic (exact) mass is 353 g/mol. The highest BCUT2D eigenvalue weighted by Crippen LogP contribution is 2.27. The number of amides is 1. The molecule has 1 saturated heterocycles. The number of nitrogens with zero attached hydrogens (tertiary/aromatic N) is 3. The van der Waals surface area contributed by atoms with Crippen LogP contribution in [0, 0.1) is 11.3 Å².